The summed E-state index contributed by atoms with van der Waals surface area (Å²) in [6, 6.07) is 5.54. The molecular formula is C22H36N2O3S. The summed E-state index contributed by atoms with van der Waals surface area (Å²) >= 11 is 1.77. The number of benzene rings is 1. The van der Waals surface area contributed by atoms with Crippen molar-refractivity contribution in [2.24, 2.45) is 0 Å². The number of amides is 3. The fourth-order valence-electron chi connectivity index (χ4n) is 2.85. The monoisotopic (exact) mass is 408 g/mol. The number of nitrogens with one attached hydrogen (secondary N) is 2. The van der Waals surface area contributed by atoms with Gasteiger partial charge in [0.1, 0.15) is 5.75 Å². The molecule has 1 aromatic rings. The van der Waals surface area contributed by atoms with Gasteiger partial charge in [-0.2, -0.15) is 11.8 Å². The van der Waals surface area contributed by atoms with E-state index in [1.807, 2.05) is 0 Å². The van der Waals surface area contributed by atoms with Gasteiger partial charge in [-0.15, -0.1) is 0 Å². The average molecular weight is 409 g/mol. The number of phenols is 1. The maximum Gasteiger partial charge on any atom is 0.325 e. The normalized spacial score (nSPS) is 10.6. The van der Waals surface area contributed by atoms with Crippen LogP contribution in [-0.4, -0.2) is 28.6 Å². The van der Waals surface area contributed by atoms with Crippen molar-refractivity contribution in [1.29, 1.82) is 0 Å². The minimum atomic E-state index is -0.546. The van der Waals surface area contributed by atoms with E-state index in [-0.39, 0.29) is 11.7 Å². The Morgan fingerprint density at radius 1 is 0.857 bits per heavy atom. The number of anilines is 1. The molecular weight excluding hydrogens is 372 g/mol. The molecule has 1 aromatic carbocycles. The molecule has 0 aliphatic rings. The first-order valence-electron chi connectivity index (χ1n) is 10.6. The molecule has 0 aromatic heterocycles. The summed E-state index contributed by atoms with van der Waals surface area (Å²) in [5, 5.41) is 14.1. The Morgan fingerprint density at radius 2 is 1.43 bits per heavy atom. The quantitative estimate of drug-likeness (QED) is 0.242. The van der Waals surface area contributed by atoms with Gasteiger partial charge in [-0.25, -0.2) is 4.79 Å². The fourth-order valence-corrected chi connectivity index (χ4v) is 3.80. The smallest absolute Gasteiger partial charge is 0.325 e. The summed E-state index contributed by atoms with van der Waals surface area (Å²) < 4.78 is 0. The summed E-state index contributed by atoms with van der Waals surface area (Å²) in [5.74, 6) is 1.66. The third-order valence-electron chi connectivity index (χ3n) is 4.49. The minimum Gasteiger partial charge on any atom is -0.508 e. The standard InChI is InChI=1S/C22H36N2O3S/c1-2-3-4-5-6-7-8-9-10-11-17-28-18-16-21(26)24-22(27)23-19-12-14-20(25)15-13-19/h12-15,25H,2-11,16-18H2,1H3,(H2,23,24,26,27). The van der Waals surface area contributed by atoms with Gasteiger partial charge in [0.2, 0.25) is 5.91 Å². The van der Waals surface area contributed by atoms with Crippen molar-refractivity contribution < 1.29 is 14.7 Å². The number of carbonyl (C=O) groups is 2. The minimum absolute atomic E-state index is 0.126. The number of thioether (sulfide) groups is 1. The summed E-state index contributed by atoms with van der Waals surface area (Å²) in [5.41, 5.74) is 0.526. The number of aromatic hydroxyl groups is 1. The highest BCUT2D eigenvalue weighted by molar-refractivity contribution is 7.99. The van der Waals surface area contributed by atoms with Crippen LogP contribution in [0, 0.1) is 0 Å². The van der Waals surface area contributed by atoms with E-state index in [1.165, 1.54) is 76.3 Å². The Bertz CT molecular complexity index is 549. The molecule has 0 radical (unpaired) electrons. The van der Waals surface area contributed by atoms with E-state index in [1.54, 1.807) is 23.9 Å². The first-order valence-corrected chi connectivity index (χ1v) is 11.7. The van der Waals surface area contributed by atoms with Crippen molar-refractivity contribution in [2.45, 2.75) is 77.6 Å². The van der Waals surface area contributed by atoms with E-state index < -0.39 is 6.03 Å². The molecule has 6 heteroatoms. The largest absolute Gasteiger partial charge is 0.508 e. The Balaban J connectivity index is 1.91. The zero-order valence-electron chi connectivity index (χ0n) is 17.2. The van der Waals surface area contributed by atoms with Crippen LogP contribution in [0.2, 0.25) is 0 Å². The first kappa shape index (κ1) is 24.3. The molecule has 0 saturated carbocycles. The van der Waals surface area contributed by atoms with Crippen LogP contribution in [0.5, 0.6) is 5.75 Å². The molecule has 0 saturated heterocycles. The summed E-state index contributed by atoms with van der Waals surface area (Å²) in [4.78, 5) is 23.5. The van der Waals surface area contributed by atoms with Gasteiger partial charge in [0.05, 0.1) is 0 Å². The lowest BCUT2D eigenvalue weighted by Gasteiger charge is -2.07. The zero-order chi connectivity index (χ0) is 20.5. The molecule has 0 fully saturated rings. The van der Waals surface area contributed by atoms with Crippen LogP contribution >= 0.6 is 11.8 Å². The zero-order valence-corrected chi connectivity index (χ0v) is 18.0. The third-order valence-corrected chi connectivity index (χ3v) is 5.56. The van der Waals surface area contributed by atoms with Gasteiger partial charge in [0.25, 0.3) is 0 Å². The summed E-state index contributed by atoms with van der Waals surface area (Å²) in [7, 11) is 0. The van der Waals surface area contributed by atoms with Crippen LogP contribution < -0.4 is 10.6 Å². The predicted octanol–water partition coefficient (Wildman–Crippen LogP) is 6.08. The number of hydrogen-bond donors (Lipinski definition) is 3. The maximum absolute atomic E-state index is 11.8. The molecule has 3 N–H and O–H groups in total. The molecule has 3 amide bonds. The van der Waals surface area contributed by atoms with E-state index in [4.69, 9.17) is 0 Å². The molecule has 158 valence electrons. The van der Waals surface area contributed by atoms with Gasteiger partial charge in [-0.05, 0) is 36.4 Å². The SMILES string of the molecule is CCCCCCCCCCCCSCCC(=O)NC(=O)Nc1ccc(O)cc1. The van der Waals surface area contributed by atoms with Crippen LogP contribution in [0.25, 0.3) is 0 Å². The Hall–Kier alpha value is -1.69. The van der Waals surface area contributed by atoms with Crippen molar-refractivity contribution >= 4 is 29.4 Å². The van der Waals surface area contributed by atoms with Gasteiger partial charge in [-0.1, -0.05) is 64.7 Å². The van der Waals surface area contributed by atoms with Crippen molar-refractivity contribution in [1.82, 2.24) is 5.32 Å². The summed E-state index contributed by atoms with van der Waals surface area (Å²) in [6.07, 6.45) is 13.7. The predicted molar refractivity (Wildman–Crippen MR) is 119 cm³/mol. The highest BCUT2D eigenvalue weighted by Gasteiger charge is 2.07. The van der Waals surface area contributed by atoms with E-state index in [0.717, 1.165) is 11.5 Å². The highest BCUT2D eigenvalue weighted by Crippen LogP contribution is 2.14. The lowest BCUT2D eigenvalue weighted by molar-refractivity contribution is -0.119. The molecule has 28 heavy (non-hydrogen) atoms. The van der Waals surface area contributed by atoms with Gasteiger partial charge in [-0.3, -0.25) is 10.1 Å². The van der Waals surface area contributed by atoms with Crippen LogP contribution in [0.1, 0.15) is 77.6 Å². The Morgan fingerprint density at radius 3 is 2.04 bits per heavy atom. The molecule has 5 nitrogen and oxygen atoms in total. The molecule has 0 heterocycles. The van der Waals surface area contributed by atoms with E-state index in [0.29, 0.717) is 12.1 Å². The maximum atomic E-state index is 11.8. The van der Waals surface area contributed by atoms with Crippen LogP contribution in [0.4, 0.5) is 10.5 Å². The van der Waals surface area contributed by atoms with Crippen molar-refractivity contribution in [3.63, 3.8) is 0 Å². The van der Waals surface area contributed by atoms with Crippen LogP contribution in [0.15, 0.2) is 24.3 Å². The Labute approximate surface area is 174 Å². The second-order valence-corrected chi connectivity index (χ2v) is 8.32. The number of rotatable bonds is 15. The van der Waals surface area contributed by atoms with E-state index in [9.17, 15) is 14.7 Å². The lowest BCUT2D eigenvalue weighted by atomic mass is 10.1. The fraction of sp³-hybridized carbons (Fsp3) is 0.636. The topological polar surface area (TPSA) is 78.4 Å². The molecule has 0 atom stereocenters. The van der Waals surface area contributed by atoms with Gasteiger partial charge in [0, 0.05) is 17.9 Å². The lowest BCUT2D eigenvalue weighted by Crippen LogP contribution is -2.34. The highest BCUT2D eigenvalue weighted by atomic mass is 32.2. The van der Waals surface area contributed by atoms with Crippen molar-refractivity contribution in [3.8, 4) is 5.75 Å². The molecule has 0 unspecified atom stereocenters. The molecule has 0 aliphatic carbocycles. The molecule has 0 bridgehead atoms. The Kier molecular flexibility index (Phi) is 14.2. The number of imide groups is 1. The average Bonchev–Trinajstić information content (AvgIpc) is 2.67. The van der Waals surface area contributed by atoms with E-state index in [2.05, 4.69) is 17.6 Å². The molecule has 0 spiro atoms. The number of unbranched alkanes of at least 4 members (excludes halogenated alkanes) is 9. The van der Waals surface area contributed by atoms with Gasteiger partial charge < -0.3 is 10.4 Å². The third kappa shape index (κ3) is 13.5. The second kappa shape index (κ2) is 16.3. The second-order valence-electron chi connectivity index (χ2n) is 7.09. The number of carbonyl (C=O) groups excluding carboxylic acids is 2. The van der Waals surface area contributed by atoms with Crippen LogP contribution in [-0.2, 0) is 4.79 Å². The first-order chi connectivity index (χ1) is 13.6. The van der Waals surface area contributed by atoms with Crippen LogP contribution in [0.3, 0.4) is 0 Å². The summed E-state index contributed by atoms with van der Waals surface area (Å²) in [6.45, 7) is 2.25. The number of urea groups is 1. The van der Waals surface area contributed by atoms with E-state index >= 15 is 0 Å². The van der Waals surface area contributed by atoms with Gasteiger partial charge in [0.15, 0.2) is 0 Å². The van der Waals surface area contributed by atoms with Gasteiger partial charge >= 0.3 is 6.03 Å². The van der Waals surface area contributed by atoms with Crippen molar-refractivity contribution in [3.05, 3.63) is 24.3 Å². The number of hydrogen-bond acceptors (Lipinski definition) is 4. The molecule has 0 aliphatic heterocycles. The van der Waals surface area contributed by atoms with Crippen molar-refractivity contribution in [2.75, 3.05) is 16.8 Å². The number of phenolic OH excluding ortho intramolecular Hbond substituents is 1. The molecule has 1 rings (SSSR count).